The van der Waals surface area contributed by atoms with Crippen molar-refractivity contribution in [1.29, 1.82) is 0 Å². The zero-order valence-electron chi connectivity index (χ0n) is 16.3. The van der Waals surface area contributed by atoms with E-state index in [4.69, 9.17) is 23.0 Å². The van der Waals surface area contributed by atoms with Crippen LogP contribution in [0.1, 0.15) is 0 Å². The summed E-state index contributed by atoms with van der Waals surface area (Å²) in [6, 6.07) is 2.18. The first-order valence-corrected chi connectivity index (χ1v) is 9.34. The van der Waals surface area contributed by atoms with Crippen molar-refractivity contribution in [3.8, 4) is 23.0 Å². The second-order valence-electron chi connectivity index (χ2n) is 7.30. The lowest BCUT2D eigenvalue weighted by atomic mass is 10.0. The minimum Gasteiger partial charge on any atom is -0.504 e. The third-order valence-corrected chi connectivity index (χ3v) is 5.42. The van der Waals surface area contributed by atoms with Gasteiger partial charge in [-0.2, -0.15) is 0 Å². The standard InChI is InChI=1S/C20H16O12/c1-28-15-9(30-20-14(25)12(23)8(22)4-29-20)3-6-11-10-5(18(26)32-17(11)15)2-7(21)13(24)16(10)31-19(6)27/h2-3,8,12,14,20-25H,4H2,1H3/t8-,12+,14-,20-/m1/s1. The molecule has 2 aromatic carbocycles. The molecule has 0 bridgehead atoms. The maximum atomic E-state index is 12.7. The van der Waals surface area contributed by atoms with Crippen molar-refractivity contribution in [2.75, 3.05) is 13.7 Å². The summed E-state index contributed by atoms with van der Waals surface area (Å²) in [6.45, 7) is -0.334. The quantitative estimate of drug-likeness (QED) is 0.157. The molecule has 0 aliphatic carbocycles. The summed E-state index contributed by atoms with van der Waals surface area (Å²) in [5.74, 6) is -1.73. The monoisotopic (exact) mass is 448 g/mol. The van der Waals surface area contributed by atoms with Crippen molar-refractivity contribution in [3.05, 3.63) is 33.0 Å². The summed E-state index contributed by atoms with van der Waals surface area (Å²) in [7, 11) is 1.24. The van der Waals surface area contributed by atoms with Crippen molar-refractivity contribution in [3.63, 3.8) is 0 Å². The van der Waals surface area contributed by atoms with Gasteiger partial charge in [0.15, 0.2) is 22.7 Å². The molecular weight excluding hydrogens is 432 g/mol. The highest BCUT2D eigenvalue weighted by Gasteiger charge is 2.40. The molecule has 5 N–H and O–H groups in total. The molecule has 1 saturated heterocycles. The second-order valence-corrected chi connectivity index (χ2v) is 7.30. The molecule has 32 heavy (non-hydrogen) atoms. The van der Waals surface area contributed by atoms with E-state index in [0.29, 0.717) is 0 Å². The van der Waals surface area contributed by atoms with Crippen LogP contribution in [0.4, 0.5) is 0 Å². The van der Waals surface area contributed by atoms with Crippen molar-refractivity contribution in [1.82, 2.24) is 0 Å². The zero-order chi connectivity index (χ0) is 22.9. The Morgan fingerprint density at radius 2 is 1.56 bits per heavy atom. The van der Waals surface area contributed by atoms with Gasteiger partial charge in [-0.3, -0.25) is 0 Å². The summed E-state index contributed by atoms with van der Waals surface area (Å²) in [5, 5.41) is 49.5. The van der Waals surface area contributed by atoms with Gasteiger partial charge in [-0.1, -0.05) is 0 Å². The summed E-state index contributed by atoms with van der Waals surface area (Å²) in [5.41, 5.74) is -2.50. The number of aliphatic hydroxyl groups is 3. The van der Waals surface area contributed by atoms with Crippen LogP contribution in [0, 0.1) is 0 Å². The molecule has 0 spiro atoms. The normalized spacial score (nSPS) is 23.9. The number of aliphatic hydroxyl groups excluding tert-OH is 3. The van der Waals surface area contributed by atoms with Crippen LogP contribution in [0.3, 0.4) is 0 Å². The molecule has 1 aliphatic rings. The number of ether oxygens (including phenoxy) is 3. The Bertz CT molecular complexity index is 1470. The van der Waals surface area contributed by atoms with Gasteiger partial charge in [-0.15, -0.1) is 0 Å². The summed E-state index contributed by atoms with van der Waals surface area (Å²) < 4.78 is 26.6. The number of methoxy groups -OCH3 is 1. The minimum absolute atomic E-state index is 0.0264. The van der Waals surface area contributed by atoms with Crippen LogP contribution < -0.4 is 20.7 Å². The number of hydrogen-bond acceptors (Lipinski definition) is 12. The number of rotatable bonds is 3. The summed E-state index contributed by atoms with van der Waals surface area (Å²) >= 11 is 0. The van der Waals surface area contributed by atoms with E-state index in [-0.39, 0.29) is 45.2 Å². The molecule has 2 aromatic heterocycles. The third kappa shape index (κ3) is 2.71. The molecule has 0 amide bonds. The van der Waals surface area contributed by atoms with E-state index in [1.807, 2.05) is 0 Å². The first-order chi connectivity index (χ1) is 15.2. The Labute approximate surface area is 176 Å². The van der Waals surface area contributed by atoms with Crippen LogP contribution in [0.2, 0.25) is 0 Å². The predicted octanol–water partition coefficient (Wildman–Crippen LogP) is -0.272. The highest BCUT2D eigenvalue weighted by Crippen LogP contribution is 2.45. The molecule has 0 radical (unpaired) electrons. The van der Waals surface area contributed by atoms with Gasteiger partial charge in [0.1, 0.15) is 18.3 Å². The molecule has 3 heterocycles. The Balaban J connectivity index is 1.80. The molecule has 168 valence electrons. The second kappa shape index (κ2) is 6.97. The lowest BCUT2D eigenvalue weighted by Gasteiger charge is -2.35. The first-order valence-electron chi connectivity index (χ1n) is 9.34. The Morgan fingerprint density at radius 3 is 2.25 bits per heavy atom. The van der Waals surface area contributed by atoms with E-state index in [9.17, 15) is 35.1 Å². The fourth-order valence-electron chi connectivity index (χ4n) is 3.85. The third-order valence-electron chi connectivity index (χ3n) is 5.42. The summed E-state index contributed by atoms with van der Waals surface area (Å²) in [6.07, 6.45) is -5.97. The van der Waals surface area contributed by atoms with Gasteiger partial charge < -0.3 is 48.6 Å². The smallest absolute Gasteiger partial charge is 0.344 e. The number of phenols is 2. The average Bonchev–Trinajstić information content (AvgIpc) is 2.76. The number of hydrogen-bond donors (Lipinski definition) is 5. The molecular formula is C20H16O12. The van der Waals surface area contributed by atoms with Gasteiger partial charge in [0, 0.05) is 10.8 Å². The van der Waals surface area contributed by atoms with Gasteiger partial charge in [-0.05, 0) is 12.1 Å². The van der Waals surface area contributed by atoms with Crippen LogP contribution in [-0.2, 0) is 4.74 Å². The van der Waals surface area contributed by atoms with Crippen LogP contribution >= 0.6 is 0 Å². The van der Waals surface area contributed by atoms with E-state index in [2.05, 4.69) is 0 Å². The van der Waals surface area contributed by atoms with Gasteiger partial charge in [0.25, 0.3) is 0 Å². The van der Waals surface area contributed by atoms with Crippen molar-refractivity contribution < 1.29 is 48.6 Å². The molecule has 12 nitrogen and oxygen atoms in total. The first kappa shape index (κ1) is 20.3. The Hall–Kier alpha value is -3.58. The highest BCUT2D eigenvalue weighted by atomic mass is 16.7. The molecule has 0 saturated carbocycles. The van der Waals surface area contributed by atoms with E-state index >= 15 is 0 Å². The molecule has 4 aromatic rings. The maximum Gasteiger partial charge on any atom is 0.344 e. The number of benzene rings is 2. The van der Waals surface area contributed by atoms with Crippen LogP contribution in [0.5, 0.6) is 23.0 Å². The van der Waals surface area contributed by atoms with Gasteiger partial charge in [-0.25, -0.2) is 9.59 Å². The Morgan fingerprint density at radius 1 is 0.938 bits per heavy atom. The molecule has 12 heteroatoms. The van der Waals surface area contributed by atoms with Crippen molar-refractivity contribution in [2.45, 2.75) is 24.6 Å². The summed E-state index contributed by atoms with van der Waals surface area (Å²) in [4.78, 5) is 25.3. The fraction of sp³-hybridized carbons (Fsp3) is 0.300. The van der Waals surface area contributed by atoms with Gasteiger partial charge >= 0.3 is 11.3 Å². The largest absolute Gasteiger partial charge is 0.504 e. The number of aromatic hydroxyl groups is 2. The van der Waals surface area contributed by atoms with E-state index in [1.165, 1.54) is 13.2 Å². The van der Waals surface area contributed by atoms with Gasteiger partial charge in [0.2, 0.25) is 17.8 Å². The molecule has 1 aliphatic heterocycles. The van der Waals surface area contributed by atoms with Crippen molar-refractivity contribution in [2.24, 2.45) is 0 Å². The average molecular weight is 448 g/mol. The molecule has 1 fully saturated rings. The predicted molar refractivity (Wildman–Crippen MR) is 105 cm³/mol. The van der Waals surface area contributed by atoms with Crippen molar-refractivity contribution >= 4 is 32.7 Å². The van der Waals surface area contributed by atoms with Gasteiger partial charge in [0.05, 0.1) is 24.5 Å². The highest BCUT2D eigenvalue weighted by molar-refractivity contribution is 6.22. The van der Waals surface area contributed by atoms with E-state index < -0.39 is 52.9 Å². The van der Waals surface area contributed by atoms with Crippen LogP contribution in [0.25, 0.3) is 32.7 Å². The fourth-order valence-corrected chi connectivity index (χ4v) is 3.85. The van der Waals surface area contributed by atoms with Crippen LogP contribution in [-0.4, -0.2) is 63.9 Å². The van der Waals surface area contributed by atoms with E-state index in [1.54, 1.807) is 0 Å². The zero-order valence-corrected chi connectivity index (χ0v) is 16.3. The number of phenolic OH excluding ortho intramolecular Hbond substituents is 2. The topological polar surface area (TPSA) is 189 Å². The minimum atomic E-state index is -1.64. The SMILES string of the molecule is COc1c(O[C@H]2OC[C@@H](O)[C@H](O)[C@H]2O)cc2c(=O)oc3c(O)c(O)cc4c(=O)oc1c2c34. The molecule has 4 atom stereocenters. The lowest BCUT2D eigenvalue weighted by molar-refractivity contribution is -0.242. The maximum absolute atomic E-state index is 12.7. The lowest BCUT2D eigenvalue weighted by Crippen LogP contribution is -2.54. The Kier molecular flexibility index (Phi) is 4.43. The van der Waals surface area contributed by atoms with E-state index in [0.717, 1.165) is 6.07 Å². The van der Waals surface area contributed by atoms with Crippen LogP contribution in [0.15, 0.2) is 30.6 Å². The molecule has 0 unspecified atom stereocenters. The molecule has 5 rings (SSSR count).